The number of aromatic amines is 2. The molecule has 0 saturated carbocycles. The first kappa shape index (κ1) is 6.42. The van der Waals surface area contributed by atoms with Crippen LogP contribution in [-0.2, 0) is 0 Å². The zero-order chi connectivity index (χ0) is 7.84. The van der Waals surface area contributed by atoms with E-state index in [1.54, 1.807) is 12.1 Å². The minimum atomic E-state index is 0.217. The number of aromatic hydroxyl groups is 1. The summed E-state index contributed by atoms with van der Waals surface area (Å²) in [4.78, 5) is 5.73. The van der Waals surface area contributed by atoms with Gasteiger partial charge in [0.1, 0.15) is 11.3 Å². The lowest BCUT2D eigenvalue weighted by atomic mass is 10.3. The van der Waals surface area contributed by atoms with Gasteiger partial charge in [0.25, 0.3) is 0 Å². The standard InChI is InChI=1S/C7H6N2OS/c10-5-3-1-2-4-6(5)9-7(11)8-4/h1-3,10H,(H2,8,9,11). The van der Waals surface area contributed by atoms with Crippen molar-refractivity contribution >= 4 is 23.3 Å². The molecule has 0 saturated heterocycles. The summed E-state index contributed by atoms with van der Waals surface area (Å²) in [6.07, 6.45) is 0. The second kappa shape index (κ2) is 2.10. The van der Waals surface area contributed by atoms with Crippen LogP contribution in [-0.4, -0.2) is 15.1 Å². The second-order valence-electron chi connectivity index (χ2n) is 2.28. The van der Waals surface area contributed by atoms with Gasteiger partial charge in [-0.2, -0.15) is 0 Å². The lowest BCUT2D eigenvalue weighted by molar-refractivity contribution is 0.480. The molecule has 2 rings (SSSR count). The van der Waals surface area contributed by atoms with Gasteiger partial charge in [-0.05, 0) is 24.4 Å². The number of fused-ring (bicyclic) bond motifs is 1. The highest BCUT2D eigenvalue weighted by Gasteiger charge is 1.98. The van der Waals surface area contributed by atoms with Crippen LogP contribution >= 0.6 is 12.2 Å². The molecule has 56 valence electrons. The first-order chi connectivity index (χ1) is 5.27. The molecule has 0 aliphatic carbocycles. The molecule has 0 radical (unpaired) electrons. The Hall–Kier alpha value is -1.29. The molecule has 0 bridgehead atoms. The summed E-state index contributed by atoms with van der Waals surface area (Å²) < 4.78 is 0.529. The second-order valence-corrected chi connectivity index (χ2v) is 2.69. The maximum Gasteiger partial charge on any atom is 0.175 e. The molecular weight excluding hydrogens is 160 g/mol. The molecule has 3 N–H and O–H groups in total. The van der Waals surface area contributed by atoms with Crippen molar-refractivity contribution in [3.63, 3.8) is 0 Å². The zero-order valence-electron chi connectivity index (χ0n) is 5.59. The molecule has 0 spiro atoms. The van der Waals surface area contributed by atoms with E-state index < -0.39 is 0 Å². The molecule has 0 atom stereocenters. The molecule has 11 heavy (non-hydrogen) atoms. The summed E-state index contributed by atoms with van der Waals surface area (Å²) in [5, 5.41) is 9.29. The Kier molecular flexibility index (Phi) is 1.22. The normalized spacial score (nSPS) is 10.5. The number of rotatable bonds is 0. The molecule has 1 aromatic carbocycles. The Labute approximate surface area is 67.7 Å². The number of hydrogen-bond acceptors (Lipinski definition) is 2. The average molecular weight is 166 g/mol. The SMILES string of the molecule is Oc1cccc2[nH]c(=S)[nH]c12. The van der Waals surface area contributed by atoms with Crippen LogP contribution in [0.3, 0.4) is 0 Å². The molecule has 3 nitrogen and oxygen atoms in total. The van der Waals surface area contributed by atoms with Crippen LogP contribution in [0.1, 0.15) is 0 Å². The third-order valence-electron chi connectivity index (χ3n) is 1.53. The molecule has 0 unspecified atom stereocenters. The summed E-state index contributed by atoms with van der Waals surface area (Å²) in [6, 6.07) is 5.22. The maximum atomic E-state index is 9.29. The quantitative estimate of drug-likeness (QED) is 0.524. The van der Waals surface area contributed by atoms with Gasteiger partial charge >= 0.3 is 0 Å². The minimum Gasteiger partial charge on any atom is -0.506 e. The fraction of sp³-hybridized carbons (Fsp3) is 0. The number of para-hydroxylation sites is 1. The van der Waals surface area contributed by atoms with Gasteiger partial charge in [0, 0.05) is 0 Å². The molecule has 2 aromatic rings. The van der Waals surface area contributed by atoms with E-state index >= 15 is 0 Å². The molecule has 1 heterocycles. The summed E-state index contributed by atoms with van der Waals surface area (Å²) in [7, 11) is 0. The van der Waals surface area contributed by atoms with Gasteiger partial charge in [0.15, 0.2) is 4.77 Å². The smallest absolute Gasteiger partial charge is 0.175 e. The van der Waals surface area contributed by atoms with Gasteiger partial charge < -0.3 is 15.1 Å². The summed E-state index contributed by atoms with van der Waals surface area (Å²) in [6.45, 7) is 0. The van der Waals surface area contributed by atoms with Gasteiger partial charge in [-0.3, -0.25) is 0 Å². The van der Waals surface area contributed by atoms with Crippen molar-refractivity contribution in [3.05, 3.63) is 23.0 Å². The number of phenols is 1. The molecule has 0 aliphatic rings. The fourth-order valence-corrected chi connectivity index (χ4v) is 1.25. The highest BCUT2D eigenvalue weighted by atomic mass is 32.1. The monoisotopic (exact) mass is 166 g/mol. The van der Waals surface area contributed by atoms with Gasteiger partial charge in [0.05, 0.1) is 5.52 Å². The Balaban J connectivity index is 3.01. The van der Waals surface area contributed by atoms with Crippen LogP contribution < -0.4 is 0 Å². The highest BCUT2D eigenvalue weighted by Crippen LogP contribution is 2.20. The third-order valence-corrected chi connectivity index (χ3v) is 1.73. The van der Waals surface area contributed by atoms with Crippen molar-refractivity contribution in [2.75, 3.05) is 0 Å². The molecule has 0 aliphatic heterocycles. The van der Waals surface area contributed by atoms with Crippen LogP contribution in [0, 0.1) is 4.77 Å². The van der Waals surface area contributed by atoms with E-state index in [0.717, 1.165) is 5.52 Å². The first-order valence-electron chi connectivity index (χ1n) is 3.17. The van der Waals surface area contributed by atoms with Crippen molar-refractivity contribution in [1.82, 2.24) is 9.97 Å². The maximum absolute atomic E-state index is 9.29. The average Bonchev–Trinajstić information content (AvgIpc) is 2.31. The molecule has 1 aromatic heterocycles. The predicted molar refractivity (Wildman–Crippen MR) is 45.1 cm³/mol. The number of benzene rings is 1. The molecule has 0 amide bonds. The minimum absolute atomic E-state index is 0.217. The zero-order valence-corrected chi connectivity index (χ0v) is 6.40. The van der Waals surface area contributed by atoms with Gasteiger partial charge in [-0.15, -0.1) is 0 Å². The van der Waals surface area contributed by atoms with Crippen molar-refractivity contribution in [1.29, 1.82) is 0 Å². The number of H-pyrrole nitrogens is 2. The van der Waals surface area contributed by atoms with E-state index in [1.165, 1.54) is 0 Å². The van der Waals surface area contributed by atoms with E-state index in [4.69, 9.17) is 12.2 Å². The van der Waals surface area contributed by atoms with E-state index in [0.29, 0.717) is 10.3 Å². The van der Waals surface area contributed by atoms with E-state index in [2.05, 4.69) is 9.97 Å². The summed E-state index contributed by atoms with van der Waals surface area (Å²) >= 11 is 4.85. The molecule has 0 fully saturated rings. The van der Waals surface area contributed by atoms with E-state index in [1.807, 2.05) is 6.07 Å². The topological polar surface area (TPSA) is 51.8 Å². The lowest BCUT2D eigenvalue weighted by Crippen LogP contribution is -1.68. The van der Waals surface area contributed by atoms with Crippen LogP contribution in [0.4, 0.5) is 0 Å². The number of aromatic nitrogens is 2. The van der Waals surface area contributed by atoms with Crippen LogP contribution in [0.15, 0.2) is 18.2 Å². The lowest BCUT2D eigenvalue weighted by Gasteiger charge is -1.90. The number of hydrogen-bond donors (Lipinski definition) is 3. The predicted octanol–water partition coefficient (Wildman–Crippen LogP) is 1.93. The van der Waals surface area contributed by atoms with Gasteiger partial charge in [-0.25, -0.2) is 0 Å². The van der Waals surface area contributed by atoms with Crippen molar-refractivity contribution in [2.45, 2.75) is 0 Å². The Bertz CT molecular complexity index is 443. The molecular formula is C7H6N2OS. The Morgan fingerprint density at radius 1 is 1.27 bits per heavy atom. The highest BCUT2D eigenvalue weighted by molar-refractivity contribution is 7.71. The number of nitrogens with one attached hydrogen (secondary N) is 2. The van der Waals surface area contributed by atoms with Crippen LogP contribution in [0.2, 0.25) is 0 Å². The van der Waals surface area contributed by atoms with E-state index in [-0.39, 0.29) is 5.75 Å². The Morgan fingerprint density at radius 2 is 2.09 bits per heavy atom. The van der Waals surface area contributed by atoms with Crippen LogP contribution in [0.5, 0.6) is 5.75 Å². The van der Waals surface area contributed by atoms with Crippen molar-refractivity contribution in [3.8, 4) is 5.75 Å². The summed E-state index contributed by atoms with van der Waals surface area (Å²) in [5.74, 6) is 0.217. The number of phenolic OH excluding ortho intramolecular Hbond substituents is 1. The molecule has 4 heteroatoms. The fourth-order valence-electron chi connectivity index (χ4n) is 1.04. The van der Waals surface area contributed by atoms with Gasteiger partial charge in [0.2, 0.25) is 0 Å². The third kappa shape index (κ3) is 0.914. The number of imidazole rings is 1. The van der Waals surface area contributed by atoms with Gasteiger partial charge in [-0.1, -0.05) is 6.07 Å². The largest absolute Gasteiger partial charge is 0.506 e. The van der Waals surface area contributed by atoms with Crippen molar-refractivity contribution < 1.29 is 5.11 Å². The Morgan fingerprint density at radius 3 is 2.82 bits per heavy atom. The van der Waals surface area contributed by atoms with Crippen molar-refractivity contribution in [2.24, 2.45) is 0 Å². The first-order valence-corrected chi connectivity index (χ1v) is 3.58. The van der Waals surface area contributed by atoms with Crippen LogP contribution in [0.25, 0.3) is 11.0 Å². The van der Waals surface area contributed by atoms with E-state index in [9.17, 15) is 5.11 Å². The summed E-state index contributed by atoms with van der Waals surface area (Å²) in [5.41, 5.74) is 1.49.